The van der Waals surface area contributed by atoms with Crippen molar-refractivity contribution in [2.45, 2.75) is 53.2 Å². The van der Waals surface area contributed by atoms with Gasteiger partial charge in [0.25, 0.3) is 5.79 Å². The number of Topliss-reactive ketones (excluding diaryl/α,β-unsaturated/α-hetero) is 2. The second-order valence-corrected chi connectivity index (χ2v) is 7.51. The highest BCUT2D eigenvalue weighted by Gasteiger charge is 2.52. The maximum Gasteiger partial charge on any atom is 0.323 e. The van der Waals surface area contributed by atoms with Crippen molar-refractivity contribution in [3.05, 3.63) is 0 Å². The van der Waals surface area contributed by atoms with Crippen molar-refractivity contribution in [2.24, 2.45) is 23.2 Å². The normalized spacial score (nSPS) is 27.3. The summed E-state index contributed by atoms with van der Waals surface area (Å²) in [5.41, 5.74) is -0.375. The fourth-order valence-electron chi connectivity index (χ4n) is 3.34. The number of ether oxygens (including phenoxy) is 2. The highest BCUT2D eigenvalue weighted by atomic mass is 16.7. The molecule has 1 atom stereocenters. The van der Waals surface area contributed by atoms with Crippen LogP contribution in [0, 0.1) is 23.2 Å². The van der Waals surface area contributed by atoms with Gasteiger partial charge in [0.05, 0.1) is 5.92 Å². The van der Waals surface area contributed by atoms with Crippen molar-refractivity contribution in [2.75, 3.05) is 0 Å². The number of rotatable bonds is 2. The lowest BCUT2D eigenvalue weighted by Gasteiger charge is -2.39. The van der Waals surface area contributed by atoms with E-state index in [9.17, 15) is 19.2 Å². The van der Waals surface area contributed by atoms with E-state index in [0.717, 1.165) is 0 Å². The molecule has 0 spiro atoms. The highest BCUT2D eigenvalue weighted by molar-refractivity contribution is 6.07. The summed E-state index contributed by atoms with van der Waals surface area (Å²) in [6, 6.07) is 0. The fraction of sp³-hybridized carbons (Fsp3) is 0.750. The second-order valence-electron chi connectivity index (χ2n) is 7.51. The van der Waals surface area contributed by atoms with Crippen molar-refractivity contribution in [3.8, 4) is 0 Å². The first kappa shape index (κ1) is 16.6. The van der Waals surface area contributed by atoms with Gasteiger partial charge >= 0.3 is 11.9 Å². The Morgan fingerprint density at radius 1 is 0.864 bits per heavy atom. The summed E-state index contributed by atoms with van der Waals surface area (Å²) in [6.45, 7) is 8.20. The van der Waals surface area contributed by atoms with E-state index in [1.165, 1.54) is 13.8 Å². The van der Waals surface area contributed by atoms with Gasteiger partial charge in [0.15, 0.2) is 5.92 Å². The van der Waals surface area contributed by atoms with Crippen LogP contribution in [0.1, 0.15) is 47.5 Å². The van der Waals surface area contributed by atoms with E-state index < -0.39 is 35.5 Å². The molecular weight excluding hydrogens is 288 g/mol. The van der Waals surface area contributed by atoms with Gasteiger partial charge in [0.2, 0.25) is 0 Å². The minimum Gasteiger partial charge on any atom is -0.422 e. The first-order chi connectivity index (χ1) is 9.93. The molecule has 0 bridgehead atoms. The van der Waals surface area contributed by atoms with Gasteiger partial charge in [0.1, 0.15) is 11.6 Å². The van der Waals surface area contributed by atoms with Gasteiger partial charge in [-0.15, -0.1) is 0 Å². The van der Waals surface area contributed by atoms with Crippen molar-refractivity contribution in [1.29, 1.82) is 0 Å². The summed E-state index contributed by atoms with van der Waals surface area (Å²) in [5, 5.41) is 0. The van der Waals surface area contributed by atoms with E-state index in [2.05, 4.69) is 0 Å². The van der Waals surface area contributed by atoms with Gasteiger partial charge in [-0.05, 0) is 11.3 Å². The average Bonchev–Trinajstić information content (AvgIpc) is 2.21. The van der Waals surface area contributed by atoms with Crippen molar-refractivity contribution < 1.29 is 28.7 Å². The van der Waals surface area contributed by atoms with E-state index in [0.29, 0.717) is 0 Å². The molecule has 2 aliphatic rings. The quantitative estimate of drug-likeness (QED) is 0.569. The SMILES string of the molecule is CC(C1C(=O)CC(C)(C)CC1=O)C1C(=O)OC(C)(C)OC1=O. The molecule has 1 saturated carbocycles. The van der Waals surface area contributed by atoms with E-state index in [1.54, 1.807) is 6.92 Å². The van der Waals surface area contributed by atoms with Crippen LogP contribution in [0.2, 0.25) is 0 Å². The minimum atomic E-state index is -1.31. The molecule has 22 heavy (non-hydrogen) atoms. The molecule has 0 aromatic heterocycles. The standard InChI is InChI=1S/C16H22O6/c1-8(11-9(17)6-15(2,3)7-10(11)18)12-13(19)21-16(4,5)22-14(12)20/h8,11-12H,6-7H2,1-5H3. The summed E-state index contributed by atoms with van der Waals surface area (Å²) in [6.07, 6.45) is 0.520. The zero-order valence-electron chi connectivity index (χ0n) is 13.6. The number of carbonyl (C=O) groups excluding carboxylic acids is 4. The minimum absolute atomic E-state index is 0.223. The maximum absolute atomic E-state index is 12.3. The third-order valence-corrected chi connectivity index (χ3v) is 4.25. The van der Waals surface area contributed by atoms with Crippen LogP contribution in [-0.2, 0) is 28.7 Å². The zero-order chi connectivity index (χ0) is 16.9. The summed E-state index contributed by atoms with van der Waals surface area (Å²) in [5.74, 6) is -6.16. The molecule has 0 N–H and O–H groups in total. The Morgan fingerprint density at radius 2 is 1.27 bits per heavy atom. The summed E-state index contributed by atoms with van der Waals surface area (Å²) < 4.78 is 10.2. The largest absolute Gasteiger partial charge is 0.422 e. The fourth-order valence-corrected chi connectivity index (χ4v) is 3.34. The molecular formula is C16H22O6. The van der Waals surface area contributed by atoms with Crippen LogP contribution in [0.25, 0.3) is 0 Å². The van der Waals surface area contributed by atoms with Crippen LogP contribution in [0.3, 0.4) is 0 Å². The van der Waals surface area contributed by atoms with Gasteiger partial charge < -0.3 is 9.47 Å². The van der Waals surface area contributed by atoms with Crippen LogP contribution in [-0.4, -0.2) is 29.3 Å². The lowest BCUT2D eigenvalue weighted by Crippen LogP contribution is -2.52. The highest BCUT2D eigenvalue weighted by Crippen LogP contribution is 2.40. The van der Waals surface area contributed by atoms with E-state index in [1.807, 2.05) is 13.8 Å². The maximum atomic E-state index is 12.3. The van der Waals surface area contributed by atoms with E-state index in [-0.39, 0.29) is 29.8 Å². The molecule has 1 aliphatic carbocycles. The number of esters is 2. The lowest BCUT2D eigenvalue weighted by atomic mass is 9.66. The van der Waals surface area contributed by atoms with Crippen LogP contribution >= 0.6 is 0 Å². The second kappa shape index (κ2) is 5.18. The molecule has 1 aliphatic heterocycles. The molecule has 0 amide bonds. The molecule has 1 saturated heterocycles. The lowest BCUT2D eigenvalue weighted by molar-refractivity contribution is -0.242. The van der Waals surface area contributed by atoms with Gasteiger partial charge in [0, 0.05) is 26.7 Å². The molecule has 0 aromatic carbocycles. The Kier molecular flexibility index (Phi) is 3.92. The smallest absolute Gasteiger partial charge is 0.323 e. The molecule has 2 rings (SSSR count). The van der Waals surface area contributed by atoms with Crippen LogP contribution < -0.4 is 0 Å². The molecule has 2 fully saturated rings. The summed E-state index contributed by atoms with van der Waals surface area (Å²) in [7, 11) is 0. The third kappa shape index (κ3) is 3.05. The number of cyclic esters (lactones) is 2. The topological polar surface area (TPSA) is 86.7 Å². The van der Waals surface area contributed by atoms with Crippen molar-refractivity contribution >= 4 is 23.5 Å². The summed E-state index contributed by atoms with van der Waals surface area (Å²) >= 11 is 0. The predicted octanol–water partition coefficient (Wildman–Crippen LogP) is 1.65. The van der Waals surface area contributed by atoms with Crippen molar-refractivity contribution in [3.63, 3.8) is 0 Å². The Balaban J connectivity index is 2.23. The van der Waals surface area contributed by atoms with Crippen LogP contribution in [0.15, 0.2) is 0 Å². The number of hydrogen-bond donors (Lipinski definition) is 0. The van der Waals surface area contributed by atoms with Gasteiger partial charge in [-0.25, -0.2) is 0 Å². The third-order valence-electron chi connectivity index (χ3n) is 4.25. The Hall–Kier alpha value is -1.72. The number of hydrogen-bond acceptors (Lipinski definition) is 6. The monoisotopic (exact) mass is 310 g/mol. The van der Waals surface area contributed by atoms with Crippen LogP contribution in [0.5, 0.6) is 0 Å². The molecule has 6 nitrogen and oxygen atoms in total. The predicted molar refractivity (Wildman–Crippen MR) is 75.4 cm³/mol. The summed E-state index contributed by atoms with van der Waals surface area (Å²) in [4.78, 5) is 48.8. The van der Waals surface area contributed by atoms with Crippen molar-refractivity contribution in [1.82, 2.24) is 0 Å². The number of ketones is 2. The first-order valence-corrected chi connectivity index (χ1v) is 7.45. The average molecular weight is 310 g/mol. The molecule has 6 heteroatoms. The molecule has 122 valence electrons. The van der Waals surface area contributed by atoms with Gasteiger partial charge in [-0.1, -0.05) is 20.8 Å². The van der Waals surface area contributed by atoms with E-state index >= 15 is 0 Å². The van der Waals surface area contributed by atoms with E-state index in [4.69, 9.17) is 9.47 Å². The first-order valence-electron chi connectivity index (χ1n) is 7.45. The number of carbonyl (C=O) groups is 4. The molecule has 0 radical (unpaired) electrons. The van der Waals surface area contributed by atoms with Gasteiger partial charge in [-0.3, -0.25) is 19.2 Å². The molecule has 1 unspecified atom stereocenters. The molecule has 1 heterocycles. The molecule has 0 aromatic rings. The van der Waals surface area contributed by atoms with Crippen LogP contribution in [0.4, 0.5) is 0 Å². The Labute approximate surface area is 129 Å². The Bertz CT molecular complexity index is 457. The zero-order valence-corrected chi connectivity index (χ0v) is 13.6. The Morgan fingerprint density at radius 3 is 1.68 bits per heavy atom. The van der Waals surface area contributed by atoms with Gasteiger partial charge in [-0.2, -0.15) is 0 Å².